The number of rotatable bonds is 4. The number of benzene rings is 4. The topological polar surface area (TPSA) is 49.9 Å². The highest BCUT2D eigenvalue weighted by molar-refractivity contribution is 6.28. The van der Waals surface area contributed by atoms with Gasteiger partial charge in [-0.15, -0.1) is 0 Å². The van der Waals surface area contributed by atoms with Gasteiger partial charge in [0.25, 0.3) is 5.91 Å². The van der Waals surface area contributed by atoms with Crippen molar-refractivity contribution in [1.82, 2.24) is 0 Å². The van der Waals surface area contributed by atoms with E-state index in [1.165, 1.54) is 0 Å². The molecule has 6 rings (SSSR count). The number of amides is 2. The third kappa shape index (κ3) is 2.80. The van der Waals surface area contributed by atoms with Crippen molar-refractivity contribution >= 4 is 23.2 Å². The summed E-state index contributed by atoms with van der Waals surface area (Å²) in [6.07, 6.45) is 0. The van der Waals surface area contributed by atoms with Crippen molar-refractivity contribution in [2.45, 2.75) is 24.8 Å². The third-order valence-corrected chi connectivity index (χ3v) is 7.97. The highest BCUT2D eigenvalue weighted by Crippen LogP contribution is 2.65. The average Bonchev–Trinajstić information content (AvgIpc) is 3.15. The van der Waals surface area contributed by atoms with Crippen LogP contribution in [0.2, 0.25) is 0 Å². The van der Waals surface area contributed by atoms with Crippen LogP contribution in [-0.4, -0.2) is 26.0 Å². The van der Waals surface area contributed by atoms with Gasteiger partial charge >= 0.3 is 0 Å². The predicted octanol–water partition coefficient (Wildman–Crippen LogP) is 5.52. The van der Waals surface area contributed by atoms with Crippen molar-refractivity contribution in [1.29, 1.82) is 0 Å². The molecule has 5 nitrogen and oxygen atoms in total. The summed E-state index contributed by atoms with van der Waals surface area (Å²) in [5.41, 5.74) is 3.52. The number of likely N-dealkylation sites (N-methyl/N-ethyl adjacent to an activating group) is 1. The van der Waals surface area contributed by atoms with Crippen LogP contribution in [-0.2, 0) is 20.5 Å². The Kier molecular flexibility index (Phi) is 5.02. The van der Waals surface area contributed by atoms with Crippen LogP contribution < -0.4 is 14.5 Å². The van der Waals surface area contributed by atoms with E-state index in [0.717, 1.165) is 33.5 Å². The van der Waals surface area contributed by atoms with E-state index in [-0.39, 0.29) is 11.8 Å². The van der Waals surface area contributed by atoms with Gasteiger partial charge in [0.15, 0.2) is 5.54 Å². The molecule has 0 bridgehead atoms. The molecule has 1 fully saturated rings. The molecule has 4 aromatic carbocycles. The molecule has 2 heterocycles. The molecule has 1 saturated heterocycles. The van der Waals surface area contributed by atoms with Gasteiger partial charge in [0.05, 0.1) is 7.11 Å². The fourth-order valence-electron chi connectivity index (χ4n) is 6.19. The van der Waals surface area contributed by atoms with E-state index in [4.69, 9.17) is 4.74 Å². The van der Waals surface area contributed by atoms with Crippen LogP contribution in [0, 0.1) is 13.8 Å². The van der Waals surface area contributed by atoms with Gasteiger partial charge in [0, 0.05) is 24.0 Å². The molecule has 2 aliphatic rings. The second kappa shape index (κ2) is 8.07. The normalized spacial score (nSPS) is 19.7. The highest BCUT2D eigenvalue weighted by Gasteiger charge is 2.80. The van der Waals surface area contributed by atoms with Crippen LogP contribution in [0.15, 0.2) is 97.1 Å². The van der Waals surface area contributed by atoms with Crippen molar-refractivity contribution in [3.05, 3.63) is 125 Å². The molecule has 5 heteroatoms. The molecule has 2 amide bonds. The number of anilines is 2. The Balaban J connectivity index is 1.73. The number of carbonyl (C=O) groups is 2. The Bertz CT molecular complexity index is 1480. The lowest BCUT2D eigenvalue weighted by Crippen LogP contribution is -2.81. The van der Waals surface area contributed by atoms with E-state index < -0.39 is 11.0 Å². The van der Waals surface area contributed by atoms with E-state index in [0.29, 0.717) is 11.4 Å². The van der Waals surface area contributed by atoms with Crippen LogP contribution >= 0.6 is 0 Å². The minimum Gasteiger partial charge on any atom is -0.497 e. The molecule has 1 spiro atoms. The van der Waals surface area contributed by atoms with Crippen molar-refractivity contribution in [3.8, 4) is 5.75 Å². The predicted molar refractivity (Wildman–Crippen MR) is 145 cm³/mol. The summed E-state index contributed by atoms with van der Waals surface area (Å²) in [6, 6.07) is 31.2. The number of carbonyl (C=O) groups excluding carboxylic acids is 2. The van der Waals surface area contributed by atoms with Gasteiger partial charge in [-0.05, 0) is 55.3 Å². The van der Waals surface area contributed by atoms with Gasteiger partial charge in [0.2, 0.25) is 5.91 Å². The minimum atomic E-state index is -1.30. The Hall–Kier alpha value is -4.38. The number of ether oxygens (including phenoxy) is 1. The van der Waals surface area contributed by atoms with Crippen LogP contribution in [0.5, 0.6) is 5.75 Å². The summed E-state index contributed by atoms with van der Waals surface area (Å²) in [4.78, 5) is 32.8. The van der Waals surface area contributed by atoms with E-state index in [1.807, 2.05) is 111 Å². The van der Waals surface area contributed by atoms with Crippen molar-refractivity contribution in [2.75, 3.05) is 24.0 Å². The third-order valence-electron chi connectivity index (χ3n) is 7.97. The fraction of sp³-hybridized carbons (Fsp3) is 0.188. The first-order chi connectivity index (χ1) is 17.9. The zero-order valence-corrected chi connectivity index (χ0v) is 21.4. The molecule has 1 unspecified atom stereocenters. The van der Waals surface area contributed by atoms with E-state index in [9.17, 15) is 9.59 Å². The van der Waals surface area contributed by atoms with E-state index in [2.05, 4.69) is 0 Å². The van der Waals surface area contributed by atoms with Gasteiger partial charge in [0.1, 0.15) is 11.2 Å². The number of aryl methyl sites for hydroxylation is 2. The molecule has 2 aliphatic heterocycles. The molecular formula is C32H28N2O3. The number of hydrogen-bond donors (Lipinski definition) is 0. The number of β-lactam (4-membered cyclic amide) rings is 1. The fourth-order valence-corrected chi connectivity index (χ4v) is 6.19. The molecular weight excluding hydrogens is 460 g/mol. The molecule has 0 saturated carbocycles. The summed E-state index contributed by atoms with van der Waals surface area (Å²) >= 11 is 0. The molecule has 37 heavy (non-hydrogen) atoms. The van der Waals surface area contributed by atoms with Crippen LogP contribution in [0.3, 0.4) is 0 Å². The zero-order valence-electron chi connectivity index (χ0n) is 21.4. The molecule has 184 valence electrons. The first-order valence-corrected chi connectivity index (χ1v) is 12.4. The lowest BCUT2D eigenvalue weighted by Gasteiger charge is -2.62. The SMILES string of the molecule is COc1ccc(N2C(=O)C(c3ccc(C)cc3)(c3ccc(C)cc3)C23C(=O)N(C)c2ccccc23)cc1. The Morgan fingerprint density at radius 1 is 0.676 bits per heavy atom. The smallest absolute Gasteiger partial charge is 0.259 e. The van der Waals surface area contributed by atoms with Crippen molar-refractivity contribution < 1.29 is 14.3 Å². The molecule has 0 N–H and O–H groups in total. The largest absolute Gasteiger partial charge is 0.497 e. The number of hydrogen-bond acceptors (Lipinski definition) is 3. The highest BCUT2D eigenvalue weighted by atomic mass is 16.5. The Labute approximate surface area is 216 Å². The molecule has 4 aromatic rings. The summed E-state index contributed by atoms with van der Waals surface area (Å²) in [5, 5.41) is 0. The van der Waals surface area contributed by atoms with Crippen LogP contribution in [0.25, 0.3) is 0 Å². The lowest BCUT2D eigenvalue weighted by molar-refractivity contribution is -0.145. The van der Waals surface area contributed by atoms with Gasteiger partial charge < -0.3 is 9.64 Å². The quantitative estimate of drug-likeness (QED) is 0.356. The molecule has 1 atom stereocenters. The van der Waals surface area contributed by atoms with Crippen LogP contribution in [0.4, 0.5) is 11.4 Å². The van der Waals surface area contributed by atoms with Gasteiger partial charge in [-0.2, -0.15) is 0 Å². The molecule has 0 aromatic heterocycles. The standard InChI is InChI=1S/C32H28N2O3/c1-21-9-13-23(14-10-21)31(24-15-11-22(2)12-16-24)29(35)34(25-17-19-26(37-4)20-18-25)32(31)27-7-5-6-8-28(27)33(3)30(32)36/h5-20H,1-4H3. The number of methoxy groups -OCH3 is 1. The monoisotopic (exact) mass is 488 g/mol. The Morgan fingerprint density at radius 3 is 1.76 bits per heavy atom. The maximum Gasteiger partial charge on any atom is 0.259 e. The Morgan fingerprint density at radius 2 is 1.22 bits per heavy atom. The number of fused-ring (bicyclic) bond motifs is 2. The number of nitrogens with zero attached hydrogens (tertiary/aromatic N) is 2. The first-order valence-electron chi connectivity index (χ1n) is 12.4. The second-order valence-electron chi connectivity index (χ2n) is 9.91. The van der Waals surface area contributed by atoms with E-state index in [1.54, 1.807) is 24.0 Å². The summed E-state index contributed by atoms with van der Waals surface area (Å²) in [5.74, 6) is 0.415. The first kappa shape index (κ1) is 23.0. The summed E-state index contributed by atoms with van der Waals surface area (Å²) in [6.45, 7) is 4.04. The summed E-state index contributed by atoms with van der Waals surface area (Å²) in [7, 11) is 3.40. The average molecular weight is 489 g/mol. The van der Waals surface area contributed by atoms with Crippen molar-refractivity contribution in [2.24, 2.45) is 0 Å². The maximum absolute atomic E-state index is 14.8. The second-order valence-corrected chi connectivity index (χ2v) is 9.91. The van der Waals surface area contributed by atoms with Gasteiger partial charge in [-0.3, -0.25) is 14.5 Å². The van der Waals surface area contributed by atoms with Gasteiger partial charge in [-0.1, -0.05) is 77.9 Å². The maximum atomic E-state index is 14.8. The summed E-state index contributed by atoms with van der Waals surface area (Å²) < 4.78 is 5.36. The van der Waals surface area contributed by atoms with E-state index >= 15 is 0 Å². The van der Waals surface area contributed by atoms with Crippen LogP contribution in [0.1, 0.15) is 27.8 Å². The van der Waals surface area contributed by atoms with Crippen molar-refractivity contribution in [3.63, 3.8) is 0 Å². The van der Waals surface area contributed by atoms with Gasteiger partial charge in [-0.25, -0.2) is 0 Å². The lowest BCUT2D eigenvalue weighted by atomic mass is 9.51. The number of para-hydroxylation sites is 1. The molecule has 0 radical (unpaired) electrons. The molecule has 0 aliphatic carbocycles. The minimum absolute atomic E-state index is 0.134. The zero-order chi connectivity index (χ0) is 25.9.